The third-order valence-electron chi connectivity index (χ3n) is 4.66. The number of morpholine rings is 1. The van der Waals surface area contributed by atoms with Crippen LogP contribution in [0.3, 0.4) is 0 Å². The number of nitrogens with one attached hydrogen (secondary N) is 2. The summed E-state index contributed by atoms with van der Waals surface area (Å²) in [6.45, 7) is 6.69. The molecule has 1 aliphatic heterocycles. The quantitative estimate of drug-likeness (QED) is 0.781. The van der Waals surface area contributed by atoms with Crippen molar-refractivity contribution in [3.63, 3.8) is 0 Å². The van der Waals surface area contributed by atoms with E-state index in [4.69, 9.17) is 9.47 Å². The molecule has 8 nitrogen and oxygen atoms in total. The highest BCUT2D eigenvalue weighted by molar-refractivity contribution is 6.06. The molecule has 0 saturated carbocycles. The van der Waals surface area contributed by atoms with Crippen molar-refractivity contribution in [3.05, 3.63) is 40.8 Å². The zero-order chi connectivity index (χ0) is 19.4. The zero-order valence-electron chi connectivity index (χ0n) is 15.8. The molecule has 1 fully saturated rings. The van der Waals surface area contributed by atoms with E-state index in [1.165, 1.54) is 7.11 Å². The number of carbonyl (C=O) groups is 2. The predicted molar refractivity (Wildman–Crippen MR) is 101 cm³/mol. The molecule has 2 aromatic rings. The van der Waals surface area contributed by atoms with E-state index in [9.17, 15) is 9.59 Å². The number of anilines is 2. The third-order valence-corrected chi connectivity index (χ3v) is 4.66. The van der Waals surface area contributed by atoms with Crippen LogP contribution in [-0.2, 0) is 15.9 Å². The number of esters is 1. The highest BCUT2D eigenvalue weighted by atomic mass is 16.5. The number of pyridine rings is 1. The smallest absolute Gasteiger partial charge is 0.339 e. The highest BCUT2D eigenvalue weighted by Crippen LogP contribution is 2.22. The van der Waals surface area contributed by atoms with Crippen LogP contribution in [0.15, 0.2) is 18.3 Å². The van der Waals surface area contributed by atoms with Gasteiger partial charge >= 0.3 is 5.97 Å². The van der Waals surface area contributed by atoms with Gasteiger partial charge in [0.15, 0.2) is 0 Å². The number of aromatic nitrogens is 2. The summed E-state index contributed by atoms with van der Waals surface area (Å²) in [5.41, 5.74) is 3.00. The Labute approximate surface area is 157 Å². The molecular weight excluding hydrogens is 348 g/mol. The first-order valence-electron chi connectivity index (χ1n) is 8.95. The van der Waals surface area contributed by atoms with Crippen molar-refractivity contribution in [1.82, 2.24) is 9.97 Å². The average molecular weight is 372 g/mol. The number of hydrogen-bond acceptors (Lipinski definition) is 6. The minimum absolute atomic E-state index is 0.339. The molecule has 2 aromatic heterocycles. The first kappa shape index (κ1) is 18.9. The van der Waals surface area contributed by atoms with Crippen molar-refractivity contribution < 1.29 is 19.1 Å². The Balaban J connectivity index is 1.75. The Bertz CT molecular complexity index is 823. The zero-order valence-corrected chi connectivity index (χ0v) is 15.8. The lowest BCUT2D eigenvalue weighted by molar-refractivity contribution is 0.0599. The van der Waals surface area contributed by atoms with Crippen LogP contribution < -0.4 is 10.2 Å². The maximum absolute atomic E-state index is 12.7. The summed E-state index contributed by atoms with van der Waals surface area (Å²) in [4.78, 5) is 34.2. The van der Waals surface area contributed by atoms with Gasteiger partial charge in [-0.1, -0.05) is 6.92 Å². The lowest BCUT2D eigenvalue weighted by Gasteiger charge is -2.28. The van der Waals surface area contributed by atoms with E-state index in [0.717, 1.165) is 18.8 Å². The second-order valence-electron chi connectivity index (χ2n) is 6.28. The standard InChI is InChI=1S/C19H24N4O4/c1-4-14-16(19(25)26-3)12(2)17(21-14)18(24)22-15-6-5-13(11-20-15)23-7-9-27-10-8-23/h5-6,11,21H,4,7-10H2,1-3H3,(H,20,22,24). The molecule has 0 aromatic carbocycles. The van der Waals surface area contributed by atoms with E-state index in [1.54, 1.807) is 19.2 Å². The molecule has 8 heteroatoms. The molecule has 2 N–H and O–H groups in total. The van der Waals surface area contributed by atoms with Gasteiger partial charge in [0.1, 0.15) is 11.5 Å². The van der Waals surface area contributed by atoms with Gasteiger partial charge in [-0.3, -0.25) is 4.79 Å². The van der Waals surface area contributed by atoms with Gasteiger partial charge < -0.3 is 24.7 Å². The lowest BCUT2D eigenvalue weighted by Crippen LogP contribution is -2.36. The van der Waals surface area contributed by atoms with Gasteiger partial charge in [0.25, 0.3) is 5.91 Å². The number of methoxy groups -OCH3 is 1. The maximum Gasteiger partial charge on any atom is 0.339 e. The van der Waals surface area contributed by atoms with Crippen LogP contribution in [0.2, 0.25) is 0 Å². The number of amides is 1. The molecule has 0 unspecified atom stereocenters. The second kappa shape index (κ2) is 8.22. The van der Waals surface area contributed by atoms with Gasteiger partial charge in [0, 0.05) is 18.8 Å². The highest BCUT2D eigenvalue weighted by Gasteiger charge is 2.24. The molecule has 3 rings (SSSR count). The fourth-order valence-corrected chi connectivity index (χ4v) is 3.18. The van der Waals surface area contributed by atoms with Gasteiger partial charge in [0.05, 0.1) is 37.8 Å². The first-order chi connectivity index (χ1) is 13.0. The normalized spacial score (nSPS) is 14.1. The van der Waals surface area contributed by atoms with Crippen molar-refractivity contribution in [2.75, 3.05) is 43.6 Å². The number of nitrogens with zero attached hydrogens (tertiary/aromatic N) is 2. The number of hydrogen-bond donors (Lipinski definition) is 2. The number of ether oxygens (including phenoxy) is 2. The lowest BCUT2D eigenvalue weighted by atomic mass is 10.1. The van der Waals surface area contributed by atoms with Crippen molar-refractivity contribution in [3.8, 4) is 0 Å². The molecule has 0 bridgehead atoms. The Hall–Kier alpha value is -2.87. The monoisotopic (exact) mass is 372 g/mol. The molecule has 0 radical (unpaired) electrons. The summed E-state index contributed by atoms with van der Waals surface area (Å²) in [6, 6.07) is 3.69. The molecule has 0 spiro atoms. The van der Waals surface area contributed by atoms with Crippen LogP contribution in [0.1, 0.15) is 39.0 Å². The Morgan fingerprint density at radius 3 is 2.67 bits per heavy atom. The number of carbonyl (C=O) groups excluding carboxylic acids is 2. The van der Waals surface area contributed by atoms with E-state index in [1.807, 2.05) is 13.0 Å². The number of aryl methyl sites for hydroxylation is 1. The van der Waals surface area contributed by atoms with Gasteiger partial charge in [-0.2, -0.15) is 0 Å². The van der Waals surface area contributed by atoms with Crippen molar-refractivity contribution in [2.24, 2.45) is 0 Å². The molecule has 1 amide bonds. The van der Waals surface area contributed by atoms with Crippen LogP contribution in [0.5, 0.6) is 0 Å². The minimum Gasteiger partial charge on any atom is -0.465 e. The van der Waals surface area contributed by atoms with E-state index >= 15 is 0 Å². The number of rotatable bonds is 5. The molecule has 0 aliphatic carbocycles. The Kier molecular flexibility index (Phi) is 5.75. The Morgan fingerprint density at radius 1 is 1.33 bits per heavy atom. The summed E-state index contributed by atoms with van der Waals surface area (Å²) in [5, 5.41) is 2.77. The summed E-state index contributed by atoms with van der Waals surface area (Å²) in [7, 11) is 1.33. The van der Waals surface area contributed by atoms with Gasteiger partial charge in [-0.25, -0.2) is 9.78 Å². The van der Waals surface area contributed by atoms with Crippen LogP contribution in [0.4, 0.5) is 11.5 Å². The summed E-state index contributed by atoms with van der Waals surface area (Å²) in [5.74, 6) is -0.347. The van der Waals surface area contributed by atoms with Crippen LogP contribution in [0.25, 0.3) is 0 Å². The fraction of sp³-hybridized carbons (Fsp3) is 0.421. The van der Waals surface area contributed by atoms with Crippen LogP contribution >= 0.6 is 0 Å². The number of H-pyrrole nitrogens is 1. The molecule has 27 heavy (non-hydrogen) atoms. The topological polar surface area (TPSA) is 96.5 Å². The maximum atomic E-state index is 12.7. The number of aromatic amines is 1. The van der Waals surface area contributed by atoms with Gasteiger partial charge in [0.2, 0.25) is 0 Å². The van der Waals surface area contributed by atoms with Crippen LogP contribution in [0, 0.1) is 6.92 Å². The fourth-order valence-electron chi connectivity index (χ4n) is 3.18. The molecule has 1 saturated heterocycles. The summed E-state index contributed by atoms with van der Waals surface area (Å²) < 4.78 is 10.2. The molecule has 144 valence electrons. The van der Waals surface area contributed by atoms with Gasteiger partial charge in [-0.15, -0.1) is 0 Å². The van der Waals surface area contributed by atoms with Crippen molar-refractivity contribution >= 4 is 23.4 Å². The third kappa shape index (κ3) is 3.95. The Morgan fingerprint density at radius 2 is 2.07 bits per heavy atom. The molecule has 0 atom stereocenters. The average Bonchev–Trinajstić information content (AvgIpc) is 3.05. The van der Waals surface area contributed by atoms with Crippen molar-refractivity contribution in [2.45, 2.75) is 20.3 Å². The van der Waals surface area contributed by atoms with Crippen molar-refractivity contribution in [1.29, 1.82) is 0 Å². The molecular formula is C19H24N4O4. The second-order valence-corrected chi connectivity index (χ2v) is 6.28. The molecule has 3 heterocycles. The van der Waals surface area contributed by atoms with E-state index < -0.39 is 5.97 Å². The van der Waals surface area contributed by atoms with E-state index in [-0.39, 0.29) is 5.91 Å². The first-order valence-corrected chi connectivity index (χ1v) is 8.95. The van der Waals surface area contributed by atoms with Crippen LogP contribution in [-0.4, -0.2) is 55.3 Å². The SMILES string of the molecule is CCc1[nH]c(C(=O)Nc2ccc(N3CCOCC3)cn2)c(C)c1C(=O)OC. The largest absolute Gasteiger partial charge is 0.465 e. The predicted octanol–water partition coefficient (Wildman–Crippen LogP) is 2.16. The summed E-state index contributed by atoms with van der Waals surface area (Å²) >= 11 is 0. The molecule has 1 aliphatic rings. The van der Waals surface area contributed by atoms with E-state index in [0.29, 0.717) is 48.0 Å². The minimum atomic E-state index is -0.451. The summed E-state index contributed by atoms with van der Waals surface area (Å²) in [6.07, 6.45) is 2.32. The van der Waals surface area contributed by atoms with Gasteiger partial charge in [-0.05, 0) is 31.0 Å². The van der Waals surface area contributed by atoms with E-state index in [2.05, 4.69) is 20.2 Å².